The van der Waals surface area contributed by atoms with Crippen LogP contribution < -0.4 is 5.32 Å². The van der Waals surface area contributed by atoms with Crippen LogP contribution in [0.2, 0.25) is 0 Å². The molecular formula is C21H25N3O3S. The molecular weight excluding hydrogens is 374 g/mol. The van der Waals surface area contributed by atoms with Crippen molar-refractivity contribution in [3.05, 3.63) is 40.5 Å². The van der Waals surface area contributed by atoms with Gasteiger partial charge in [0.1, 0.15) is 10.5 Å². The molecule has 3 rings (SSSR count). The average molecular weight is 400 g/mol. The number of aromatic nitrogens is 1. The number of carbonyl (C=O) groups excluding carboxylic acids is 2. The van der Waals surface area contributed by atoms with E-state index < -0.39 is 24.0 Å². The van der Waals surface area contributed by atoms with E-state index in [2.05, 4.69) is 11.4 Å². The molecule has 0 radical (unpaired) electrons. The van der Waals surface area contributed by atoms with Gasteiger partial charge in [0.25, 0.3) is 5.91 Å². The van der Waals surface area contributed by atoms with Crippen LogP contribution in [0.3, 0.4) is 0 Å². The second kappa shape index (κ2) is 8.19. The van der Waals surface area contributed by atoms with E-state index in [1.54, 1.807) is 18.3 Å². The van der Waals surface area contributed by atoms with Crippen molar-refractivity contribution in [3.63, 3.8) is 0 Å². The number of aryl methyl sites for hydroxylation is 1. The van der Waals surface area contributed by atoms with Gasteiger partial charge in [-0.3, -0.25) is 4.79 Å². The van der Waals surface area contributed by atoms with Crippen molar-refractivity contribution in [2.24, 2.45) is 5.92 Å². The lowest BCUT2D eigenvalue weighted by Gasteiger charge is -2.27. The van der Waals surface area contributed by atoms with Crippen LogP contribution in [0.4, 0.5) is 0 Å². The molecule has 0 bridgehead atoms. The van der Waals surface area contributed by atoms with E-state index >= 15 is 0 Å². The van der Waals surface area contributed by atoms with Gasteiger partial charge in [0.2, 0.25) is 0 Å². The first-order valence-electron chi connectivity index (χ1n) is 9.53. The van der Waals surface area contributed by atoms with Crippen LogP contribution in [-0.4, -0.2) is 28.6 Å². The lowest BCUT2D eigenvalue weighted by Crippen LogP contribution is -2.50. The molecule has 7 heteroatoms. The summed E-state index contributed by atoms with van der Waals surface area (Å²) in [6.45, 7) is 4.97. The van der Waals surface area contributed by atoms with Crippen molar-refractivity contribution in [3.8, 4) is 11.1 Å². The highest BCUT2D eigenvalue weighted by Gasteiger charge is 2.31. The molecule has 1 aliphatic rings. The van der Waals surface area contributed by atoms with Gasteiger partial charge in [0.05, 0.1) is 11.6 Å². The molecule has 0 spiro atoms. The molecule has 2 heterocycles. The number of hydrogen-bond donors (Lipinski definition) is 1. The molecule has 0 aliphatic heterocycles. The van der Waals surface area contributed by atoms with E-state index in [-0.39, 0.29) is 5.92 Å². The van der Waals surface area contributed by atoms with E-state index in [4.69, 9.17) is 4.74 Å². The minimum atomic E-state index is -0.999. The first kappa shape index (κ1) is 20.2. The Hall–Kier alpha value is -2.59. The van der Waals surface area contributed by atoms with Gasteiger partial charge in [-0.25, -0.2) is 4.79 Å². The number of esters is 1. The van der Waals surface area contributed by atoms with E-state index in [0.717, 1.165) is 36.2 Å². The molecule has 28 heavy (non-hydrogen) atoms. The fourth-order valence-electron chi connectivity index (χ4n) is 3.24. The number of hydrogen-bond acceptors (Lipinski definition) is 5. The van der Waals surface area contributed by atoms with Crippen molar-refractivity contribution < 1.29 is 14.3 Å². The second-order valence-corrected chi connectivity index (χ2v) is 8.66. The highest BCUT2D eigenvalue weighted by atomic mass is 32.1. The van der Waals surface area contributed by atoms with Gasteiger partial charge in [0, 0.05) is 17.3 Å². The number of amides is 1. The quantitative estimate of drug-likeness (QED) is 0.752. The maximum atomic E-state index is 12.9. The van der Waals surface area contributed by atoms with Gasteiger partial charge in [-0.05, 0) is 56.2 Å². The lowest BCUT2D eigenvalue weighted by molar-refractivity contribution is -0.125. The van der Waals surface area contributed by atoms with Crippen LogP contribution in [0.15, 0.2) is 24.5 Å². The topological polar surface area (TPSA) is 84.1 Å². The summed E-state index contributed by atoms with van der Waals surface area (Å²) in [5.74, 6) is -1.03. The standard InChI is InChI=1S/C21H25N3O3S/c1-14(2)21(3,13-22)23-17(25)12-27-20(26)18-15-8-4-5-9-16(15)28-19(18)24-10-6-7-11-24/h6-7,10-11,14H,4-5,8-9,12H2,1-3H3,(H,23,25)/t21-/m0/s1. The predicted octanol–water partition coefficient (Wildman–Crippen LogP) is 3.63. The maximum Gasteiger partial charge on any atom is 0.341 e. The third-order valence-corrected chi connectivity index (χ3v) is 6.62. The van der Waals surface area contributed by atoms with Crippen LogP contribution in [0, 0.1) is 17.2 Å². The van der Waals surface area contributed by atoms with Crippen molar-refractivity contribution in [2.75, 3.05) is 6.61 Å². The summed E-state index contributed by atoms with van der Waals surface area (Å²) in [6.07, 6.45) is 7.80. The zero-order valence-electron chi connectivity index (χ0n) is 16.4. The van der Waals surface area contributed by atoms with Crippen LogP contribution in [0.1, 0.15) is 54.4 Å². The molecule has 6 nitrogen and oxygen atoms in total. The van der Waals surface area contributed by atoms with Crippen LogP contribution in [0.5, 0.6) is 0 Å². The molecule has 148 valence electrons. The van der Waals surface area contributed by atoms with Crippen molar-refractivity contribution >= 4 is 23.2 Å². The average Bonchev–Trinajstić information content (AvgIpc) is 3.33. The summed E-state index contributed by atoms with van der Waals surface area (Å²) in [6, 6.07) is 5.94. The van der Waals surface area contributed by atoms with Gasteiger partial charge < -0.3 is 14.6 Å². The molecule has 1 aliphatic carbocycles. The Balaban J connectivity index is 1.77. The molecule has 2 aromatic rings. The Morgan fingerprint density at radius 1 is 1.32 bits per heavy atom. The normalized spacial score (nSPS) is 15.4. The summed E-state index contributed by atoms with van der Waals surface area (Å²) in [5, 5.41) is 12.8. The third kappa shape index (κ3) is 3.97. The number of carbonyl (C=O) groups is 2. The molecule has 0 saturated carbocycles. The molecule has 0 saturated heterocycles. The van der Waals surface area contributed by atoms with Crippen LogP contribution in [0.25, 0.3) is 5.00 Å². The number of nitriles is 1. The van der Waals surface area contributed by atoms with E-state index in [0.29, 0.717) is 5.56 Å². The molecule has 0 aromatic carbocycles. The van der Waals surface area contributed by atoms with Gasteiger partial charge in [0.15, 0.2) is 6.61 Å². The van der Waals surface area contributed by atoms with Crippen molar-refractivity contribution in [1.82, 2.24) is 9.88 Å². The van der Waals surface area contributed by atoms with Crippen molar-refractivity contribution in [1.29, 1.82) is 5.26 Å². The highest BCUT2D eigenvalue weighted by Crippen LogP contribution is 2.37. The molecule has 1 amide bonds. The Morgan fingerprint density at radius 2 is 2.00 bits per heavy atom. The van der Waals surface area contributed by atoms with E-state index in [9.17, 15) is 14.9 Å². The number of nitrogens with zero attached hydrogens (tertiary/aromatic N) is 2. The minimum Gasteiger partial charge on any atom is -0.452 e. The second-order valence-electron chi connectivity index (χ2n) is 7.57. The monoisotopic (exact) mass is 399 g/mol. The van der Waals surface area contributed by atoms with Gasteiger partial charge in [-0.15, -0.1) is 11.3 Å². The molecule has 2 aromatic heterocycles. The molecule has 0 unspecified atom stereocenters. The van der Waals surface area contributed by atoms with Gasteiger partial charge in [-0.1, -0.05) is 13.8 Å². The fraction of sp³-hybridized carbons (Fsp3) is 0.476. The summed E-state index contributed by atoms with van der Waals surface area (Å²) >= 11 is 1.62. The Kier molecular flexibility index (Phi) is 5.90. The predicted molar refractivity (Wildman–Crippen MR) is 108 cm³/mol. The lowest BCUT2D eigenvalue weighted by atomic mass is 9.90. The Bertz CT molecular complexity index is 908. The first-order chi connectivity index (χ1) is 13.4. The summed E-state index contributed by atoms with van der Waals surface area (Å²) < 4.78 is 7.28. The number of thiophene rings is 1. The Morgan fingerprint density at radius 3 is 2.64 bits per heavy atom. The van der Waals surface area contributed by atoms with Crippen molar-refractivity contribution in [2.45, 2.75) is 52.0 Å². The summed E-state index contributed by atoms with van der Waals surface area (Å²) in [7, 11) is 0. The van der Waals surface area contributed by atoms with Crippen LogP contribution in [-0.2, 0) is 22.4 Å². The number of rotatable bonds is 6. The van der Waals surface area contributed by atoms with E-state index in [1.807, 2.05) is 42.9 Å². The van der Waals surface area contributed by atoms with E-state index in [1.165, 1.54) is 4.88 Å². The zero-order chi connectivity index (χ0) is 20.3. The zero-order valence-corrected chi connectivity index (χ0v) is 17.3. The molecule has 0 fully saturated rings. The maximum absolute atomic E-state index is 12.9. The first-order valence-corrected chi connectivity index (χ1v) is 10.3. The number of nitrogens with one attached hydrogen (secondary N) is 1. The van der Waals surface area contributed by atoms with Crippen LogP contribution >= 0.6 is 11.3 Å². The largest absolute Gasteiger partial charge is 0.452 e. The SMILES string of the molecule is CC(C)[C@](C)(C#N)NC(=O)COC(=O)c1c(-n2cccc2)sc2c1CCCC2. The highest BCUT2D eigenvalue weighted by molar-refractivity contribution is 7.15. The smallest absolute Gasteiger partial charge is 0.341 e. The Labute approximate surface area is 169 Å². The van der Waals surface area contributed by atoms with Gasteiger partial charge >= 0.3 is 5.97 Å². The number of fused-ring (bicyclic) bond motifs is 1. The summed E-state index contributed by atoms with van der Waals surface area (Å²) in [5.41, 5.74) is 0.617. The minimum absolute atomic E-state index is 0.0682. The van der Waals surface area contributed by atoms with Gasteiger partial charge in [-0.2, -0.15) is 5.26 Å². The molecule has 1 atom stereocenters. The summed E-state index contributed by atoms with van der Waals surface area (Å²) in [4.78, 5) is 26.4. The fourth-order valence-corrected chi connectivity index (χ4v) is 4.59. The number of ether oxygens (including phenoxy) is 1. The third-order valence-electron chi connectivity index (χ3n) is 5.32. The molecule has 1 N–H and O–H groups in total.